The summed E-state index contributed by atoms with van der Waals surface area (Å²) in [4.78, 5) is 11.6. The molecule has 5 heterocycles. The largest absolute Gasteiger partial charge is 0.479 e. The molecule has 0 amide bonds. The third-order valence-electron chi connectivity index (χ3n) is 6.54. The Labute approximate surface area is 226 Å². The number of aromatic hydroxyl groups is 1. The van der Waals surface area contributed by atoms with Crippen LogP contribution in [0.5, 0.6) is 6.01 Å². The molecule has 5 fully saturated rings. The van der Waals surface area contributed by atoms with E-state index in [1.807, 2.05) is 0 Å². The molecule has 4 aliphatic heterocycles. The Bertz CT molecular complexity index is 1030. The second-order valence-corrected chi connectivity index (χ2v) is 9.70. The molecule has 12 heteroatoms. The van der Waals surface area contributed by atoms with Gasteiger partial charge in [0.2, 0.25) is 0 Å². The Morgan fingerprint density at radius 1 is 1.27 bits per heavy atom. The van der Waals surface area contributed by atoms with Crippen LogP contribution < -0.4 is 4.90 Å². The maximum absolute atomic E-state index is 14.4. The fourth-order valence-corrected chi connectivity index (χ4v) is 5.40. The molecule has 1 aromatic carbocycles. The first kappa shape index (κ1) is 25.8. The Morgan fingerprint density at radius 3 is 2.79 bits per heavy atom. The molecule has 1 N–H and O–H groups in total. The molecule has 5 aliphatic rings. The number of benzene rings is 1. The van der Waals surface area contributed by atoms with Crippen molar-refractivity contribution in [3.8, 4) is 6.01 Å². The topological polar surface area (TPSA) is 61.7 Å². The SMILES string of the molecule is F[C@@H]1C[C-]2CCCN2C1.Oc1nc(N2CCOC3C[C@H]2C3F)c2cc(Cl)c(Br)c(F)c2n1.[U]. The van der Waals surface area contributed by atoms with Gasteiger partial charge < -0.3 is 19.6 Å². The number of hydrogen-bond acceptors (Lipinski definition) is 6. The first-order chi connectivity index (χ1) is 15.3. The van der Waals surface area contributed by atoms with Gasteiger partial charge in [0.15, 0.2) is 5.82 Å². The minimum atomic E-state index is -1.14. The van der Waals surface area contributed by atoms with Crippen molar-refractivity contribution in [2.45, 2.75) is 50.2 Å². The number of aromatic nitrogens is 2. The summed E-state index contributed by atoms with van der Waals surface area (Å²) >= 11 is 9.07. The molecule has 178 valence electrons. The number of fused-ring (bicyclic) bond motifs is 5. The third kappa shape index (κ3) is 4.88. The van der Waals surface area contributed by atoms with Gasteiger partial charge in [-0.15, -0.1) is 6.42 Å². The van der Waals surface area contributed by atoms with Crippen LogP contribution in [-0.2, 0) is 4.74 Å². The number of rotatable bonds is 1. The van der Waals surface area contributed by atoms with Crippen molar-refractivity contribution in [3.63, 3.8) is 0 Å². The number of hydrogen-bond donors (Lipinski definition) is 1. The summed E-state index contributed by atoms with van der Waals surface area (Å²) in [7, 11) is 0. The van der Waals surface area contributed by atoms with Gasteiger partial charge in [0, 0.05) is 43.0 Å². The van der Waals surface area contributed by atoms with Crippen molar-refractivity contribution in [1.29, 1.82) is 0 Å². The summed E-state index contributed by atoms with van der Waals surface area (Å²) in [5.41, 5.74) is -0.0692. The summed E-state index contributed by atoms with van der Waals surface area (Å²) in [6.45, 7) is 2.51. The van der Waals surface area contributed by atoms with Gasteiger partial charge in [0.25, 0.3) is 0 Å². The zero-order valence-electron chi connectivity index (χ0n) is 17.6. The first-order valence-corrected chi connectivity index (χ1v) is 11.8. The van der Waals surface area contributed by atoms with Crippen molar-refractivity contribution in [1.82, 2.24) is 14.9 Å². The minimum absolute atomic E-state index is 0. The quantitative estimate of drug-likeness (QED) is 0.339. The van der Waals surface area contributed by atoms with Crippen LogP contribution in [0.2, 0.25) is 5.02 Å². The molecule has 1 aliphatic carbocycles. The van der Waals surface area contributed by atoms with Gasteiger partial charge in [-0.1, -0.05) is 18.0 Å². The van der Waals surface area contributed by atoms with E-state index >= 15 is 0 Å². The monoisotopic (exact) mass is 771 g/mol. The van der Waals surface area contributed by atoms with Crippen LogP contribution in [0.1, 0.15) is 25.7 Å². The third-order valence-corrected chi connectivity index (χ3v) is 7.85. The predicted octanol–water partition coefficient (Wildman–Crippen LogP) is 4.56. The fraction of sp³-hybridized carbons (Fsp3) is 0.571. The molecule has 7 rings (SSSR count). The Hall–Kier alpha value is -0.308. The van der Waals surface area contributed by atoms with Gasteiger partial charge in [-0.2, -0.15) is 16.4 Å². The molecule has 1 aromatic heterocycles. The van der Waals surface area contributed by atoms with E-state index in [2.05, 4.69) is 30.8 Å². The number of anilines is 1. The summed E-state index contributed by atoms with van der Waals surface area (Å²) in [6.07, 6.45) is 1.56. The van der Waals surface area contributed by atoms with E-state index in [0.717, 1.165) is 19.4 Å². The Morgan fingerprint density at radius 2 is 2.06 bits per heavy atom. The second-order valence-electron chi connectivity index (χ2n) is 8.50. The average molecular weight is 773 g/mol. The average Bonchev–Trinajstić information content (AvgIpc) is 3.19. The standard InChI is InChI=1S/C14H11BrClF2N3O2.C7H11FN.U/c15-9-6(16)3-5-12(11(9)18)19-14(22)20-13(5)21-1-2-23-8-4-7(21)10(8)17;8-6-4-7-2-1-3-9(7)5-6;/h3,7-8,10H,1-2,4H2,(H,19,20,22);6H,1-5H2;/q;-1;/t7-,8?,10?;6-;/m01./s1. The molecule has 33 heavy (non-hydrogen) atoms. The molecular formula is C21H22BrClF3N4O2U-. The maximum atomic E-state index is 14.4. The van der Waals surface area contributed by atoms with Gasteiger partial charge in [-0.25, -0.2) is 19.2 Å². The van der Waals surface area contributed by atoms with Gasteiger partial charge in [0.1, 0.15) is 17.5 Å². The smallest absolute Gasteiger partial charge is 0.316 e. The van der Waals surface area contributed by atoms with E-state index in [9.17, 15) is 18.3 Å². The summed E-state index contributed by atoms with van der Waals surface area (Å²) in [5, 5.41) is 10.3. The summed E-state index contributed by atoms with van der Waals surface area (Å²) in [5.74, 6) is -0.432. The van der Waals surface area contributed by atoms with E-state index in [1.165, 1.54) is 18.5 Å². The molecule has 0 radical (unpaired) electrons. The van der Waals surface area contributed by atoms with Crippen molar-refractivity contribution >= 4 is 44.3 Å². The number of halogens is 5. The van der Waals surface area contributed by atoms with Crippen molar-refractivity contribution in [2.75, 3.05) is 31.1 Å². The predicted molar refractivity (Wildman–Crippen MR) is 118 cm³/mol. The number of alkyl halides is 2. The van der Waals surface area contributed by atoms with Crippen molar-refractivity contribution in [2.24, 2.45) is 0 Å². The molecule has 1 saturated carbocycles. The van der Waals surface area contributed by atoms with Crippen LogP contribution in [0, 0.1) is 43.0 Å². The van der Waals surface area contributed by atoms with E-state index < -0.39 is 36.3 Å². The molecule has 4 saturated heterocycles. The zero-order chi connectivity index (χ0) is 22.6. The van der Waals surface area contributed by atoms with E-state index in [-0.39, 0.29) is 51.9 Å². The van der Waals surface area contributed by atoms with Crippen LogP contribution in [0.4, 0.5) is 19.0 Å². The molecular weight excluding hydrogens is 751 g/mol. The molecule has 0 spiro atoms. The van der Waals surface area contributed by atoms with Crippen molar-refractivity contribution in [3.05, 3.63) is 27.4 Å². The molecule has 2 aromatic rings. The second kappa shape index (κ2) is 10.4. The Balaban J connectivity index is 0.000000217. The molecule has 6 nitrogen and oxygen atoms in total. The normalized spacial score (nSPS) is 29.1. The molecule has 2 bridgehead atoms. The van der Waals surface area contributed by atoms with Gasteiger partial charge in [-0.3, -0.25) is 0 Å². The van der Waals surface area contributed by atoms with Crippen LogP contribution >= 0.6 is 27.5 Å². The number of nitrogens with zero attached hydrogens (tertiary/aromatic N) is 4. The Kier molecular flexibility index (Phi) is 8.09. The van der Waals surface area contributed by atoms with Crippen LogP contribution in [0.25, 0.3) is 10.9 Å². The van der Waals surface area contributed by atoms with Crippen LogP contribution in [-0.4, -0.2) is 70.7 Å². The van der Waals surface area contributed by atoms with Crippen LogP contribution in [0.15, 0.2) is 10.5 Å². The molecule has 2 unspecified atom stereocenters. The molecule has 4 atom stereocenters. The summed E-state index contributed by atoms with van der Waals surface area (Å²) < 4.78 is 46.6. The number of ether oxygens (including phenoxy) is 1. The van der Waals surface area contributed by atoms with Crippen molar-refractivity contribution < 1.29 is 54.1 Å². The van der Waals surface area contributed by atoms with Gasteiger partial charge in [-0.05, 0) is 41.5 Å². The maximum Gasteiger partial charge on any atom is 0.316 e. The van der Waals surface area contributed by atoms with E-state index in [4.69, 9.17) is 16.3 Å². The van der Waals surface area contributed by atoms with E-state index in [0.29, 0.717) is 31.5 Å². The van der Waals surface area contributed by atoms with E-state index in [1.54, 1.807) is 4.90 Å². The fourth-order valence-electron chi connectivity index (χ4n) is 4.91. The van der Waals surface area contributed by atoms with Crippen LogP contribution in [0.3, 0.4) is 0 Å². The zero-order valence-corrected chi connectivity index (χ0v) is 24.1. The first-order valence-electron chi connectivity index (χ1n) is 10.6. The van der Waals surface area contributed by atoms with Gasteiger partial charge in [0.05, 0.1) is 34.4 Å². The van der Waals surface area contributed by atoms with Gasteiger partial charge >= 0.3 is 6.01 Å². The summed E-state index contributed by atoms with van der Waals surface area (Å²) in [6, 6.07) is 1.89. The minimum Gasteiger partial charge on any atom is -0.479 e.